The largest absolute Gasteiger partial charge is 0.274 e. The number of carbonyl (C=O) groups is 2. The second-order valence-corrected chi connectivity index (χ2v) is 6.17. The van der Waals surface area contributed by atoms with E-state index in [0.717, 1.165) is 16.5 Å². The van der Waals surface area contributed by atoms with Gasteiger partial charge in [0.1, 0.15) is 0 Å². The number of nitrogens with zero attached hydrogens (tertiary/aromatic N) is 1. The lowest BCUT2D eigenvalue weighted by molar-refractivity contribution is -0.122. The molecule has 0 bridgehead atoms. The van der Waals surface area contributed by atoms with Crippen LogP contribution in [0.2, 0.25) is 0 Å². The fourth-order valence-electron chi connectivity index (χ4n) is 3.79. The zero-order valence-corrected chi connectivity index (χ0v) is 12.4. The van der Waals surface area contributed by atoms with E-state index < -0.39 is 0 Å². The Hall–Kier alpha value is -2.42. The molecule has 0 N–H and O–H groups in total. The molecular formula is C19H17NO2. The number of imide groups is 1. The predicted molar refractivity (Wildman–Crippen MR) is 86.3 cm³/mol. The third-order valence-electron chi connectivity index (χ3n) is 4.88. The number of benzene rings is 2. The highest BCUT2D eigenvalue weighted by atomic mass is 16.2. The van der Waals surface area contributed by atoms with Crippen LogP contribution >= 0.6 is 0 Å². The van der Waals surface area contributed by atoms with Gasteiger partial charge in [-0.25, -0.2) is 4.90 Å². The molecule has 2 aromatic carbocycles. The van der Waals surface area contributed by atoms with Crippen molar-refractivity contribution in [1.82, 2.24) is 0 Å². The predicted octanol–water partition coefficient (Wildman–Crippen LogP) is 3.54. The van der Waals surface area contributed by atoms with Crippen molar-refractivity contribution < 1.29 is 9.59 Å². The number of allylic oxidation sites excluding steroid dienone is 2. The lowest BCUT2D eigenvalue weighted by Crippen LogP contribution is -2.31. The van der Waals surface area contributed by atoms with Crippen molar-refractivity contribution in [2.24, 2.45) is 17.8 Å². The van der Waals surface area contributed by atoms with Crippen molar-refractivity contribution in [1.29, 1.82) is 0 Å². The van der Waals surface area contributed by atoms with Gasteiger partial charge in [0.15, 0.2) is 0 Å². The summed E-state index contributed by atoms with van der Waals surface area (Å²) >= 11 is 0. The van der Waals surface area contributed by atoms with Crippen LogP contribution in [-0.4, -0.2) is 11.8 Å². The average molecular weight is 291 g/mol. The third-order valence-corrected chi connectivity index (χ3v) is 4.88. The third kappa shape index (κ3) is 1.75. The first kappa shape index (κ1) is 13.3. The van der Waals surface area contributed by atoms with E-state index in [1.807, 2.05) is 55.5 Å². The van der Waals surface area contributed by atoms with E-state index in [1.165, 1.54) is 4.90 Å². The molecule has 1 fully saturated rings. The highest BCUT2D eigenvalue weighted by Crippen LogP contribution is 2.41. The van der Waals surface area contributed by atoms with Gasteiger partial charge in [-0.2, -0.15) is 0 Å². The van der Waals surface area contributed by atoms with Gasteiger partial charge in [-0.1, -0.05) is 55.5 Å². The first-order valence-electron chi connectivity index (χ1n) is 7.70. The van der Waals surface area contributed by atoms with Crippen LogP contribution in [0.1, 0.15) is 13.3 Å². The molecule has 0 spiro atoms. The molecule has 0 radical (unpaired) electrons. The Bertz CT molecular complexity index is 803. The molecular weight excluding hydrogens is 274 g/mol. The summed E-state index contributed by atoms with van der Waals surface area (Å²) in [6, 6.07) is 13.6. The molecule has 22 heavy (non-hydrogen) atoms. The molecule has 0 saturated carbocycles. The van der Waals surface area contributed by atoms with E-state index in [2.05, 4.69) is 6.08 Å². The van der Waals surface area contributed by atoms with Gasteiger partial charge in [-0.3, -0.25) is 9.59 Å². The topological polar surface area (TPSA) is 37.4 Å². The van der Waals surface area contributed by atoms with Crippen LogP contribution < -0.4 is 4.90 Å². The van der Waals surface area contributed by atoms with Crippen molar-refractivity contribution in [2.75, 3.05) is 4.90 Å². The van der Waals surface area contributed by atoms with Crippen LogP contribution in [0.15, 0.2) is 54.6 Å². The highest BCUT2D eigenvalue weighted by Gasteiger charge is 2.50. The molecule has 1 saturated heterocycles. The van der Waals surface area contributed by atoms with Crippen LogP contribution in [0.3, 0.4) is 0 Å². The maximum Gasteiger partial charge on any atom is 0.238 e. The first-order valence-corrected chi connectivity index (χ1v) is 7.70. The smallest absolute Gasteiger partial charge is 0.238 e. The molecule has 3 atom stereocenters. The summed E-state index contributed by atoms with van der Waals surface area (Å²) in [7, 11) is 0. The molecule has 1 aliphatic carbocycles. The molecule has 110 valence electrons. The Morgan fingerprint density at radius 3 is 2.59 bits per heavy atom. The minimum Gasteiger partial charge on any atom is -0.274 e. The molecule has 2 amide bonds. The van der Waals surface area contributed by atoms with Gasteiger partial charge in [-0.15, -0.1) is 0 Å². The van der Waals surface area contributed by atoms with Gasteiger partial charge in [0.05, 0.1) is 17.5 Å². The minimum atomic E-state index is -0.212. The van der Waals surface area contributed by atoms with Crippen molar-refractivity contribution in [3.8, 4) is 0 Å². The summed E-state index contributed by atoms with van der Waals surface area (Å²) in [4.78, 5) is 27.1. The normalized spacial score (nSPS) is 27.5. The van der Waals surface area contributed by atoms with Crippen LogP contribution in [-0.2, 0) is 9.59 Å². The van der Waals surface area contributed by atoms with Gasteiger partial charge in [-0.05, 0) is 23.8 Å². The summed E-state index contributed by atoms with van der Waals surface area (Å²) in [6.07, 6.45) is 4.75. The Balaban J connectivity index is 1.86. The van der Waals surface area contributed by atoms with Crippen LogP contribution in [0.4, 0.5) is 5.69 Å². The molecule has 3 unspecified atom stereocenters. The Kier molecular flexibility index (Phi) is 2.89. The van der Waals surface area contributed by atoms with Crippen molar-refractivity contribution in [2.45, 2.75) is 13.3 Å². The van der Waals surface area contributed by atoms with Crippen LogP contribution in [0.25, 0.3) is 10.8 Å². The number of amides is 2. The van der Waals surface area contributed by atoms with Gasteiger partial charge >= 0.3 is 0 Å². The fraction of sp³-hybridized carbons (Fsp3) is 0.263. The second-order valence-electron chi connectivity index (χ2n) is 6.17. The summed E-state index contributed by atoms with van der Waals surface area (Å²) in [5.74, 6) is -0.399. The summed E-state index contributed by atoms with van der Waals surface area (Å²) < 4.78 is 0. The van der Waals surface area contributed by atoms with E-state index >= 15 is 0 Å². The average Bonchev–Trinajstić information content (AvgIpc) is 2.79. The number of anilines is 1. The van der Waals surface area contributed by atoms with E-state index in [9.17, 15) is 9.59 Å². The standard InChI is InChI=1S/C19H17NO2/c1-12-6-4-10-15-17(12)19(22)20(18(15)21)16-11-5-8-13-7-2-3-9-14(13)16/h2-9,11-12,15,17H,10H2,1H3. The Labute approximate surface area is 129 Å². The first-order chi connectivity index (χ1) is 10.7. The van der Waals surface area contributed by atoms with Gasteiger partial charge in [0.2, 0.25) is 11.8 Å². The molecule has 1 aliphatic heterocycles. The number of fused-ring (bicyclic) bond motifs is 2. The molecule has 3 heteroatoms. The van der Waals surface area contributed by atoms with E-state index in [1.54, 1.807) is 0 Å². The molecule has 2 aromatic rings. The summed E-state index contributed by atoms with van der Waals surface area (Å²) in [6.45, 7) is 2.02. The zero-order chi connectivity index (χ0) is 15.3. The SMILES string of the molecule is CC1C=CCC2C(=O)N(c3cccc4ccccc34)C(=O)C12. The number of carbonyl (C=O) groups excluding carboxylic acids is 2. The number of rotatable bonds is 1. The van der Waals surface area contributed by atoms with Crippen molar-refractivity contribution in [3.05, 3.63) is 54.6 Å². The monoisotopic (exact) mass is 291 g/mol. The van der Waals surface area contributed by atoms with Crippen molar-refractivity contribution >= 4 is 28.3 Å². The van der Waals surface area contributed by atoms with Gasteiger partial charge < -0.3 is 0 Å². The molecule has 1 heterocycles. The summed E-state index contributed by atoms with van der Waals surface area (Å²) in [5, 5.41) is 1.99. The Morgan fingerprint density at radius 2 is 1.77 bits per heavy atom. The Morgan fingerprint density at radius 1 is 1.00 bits per heavy atom. The quantitative estimate of drug-likeness (QED) is 0.595. The lowest BCUT2D eigenvalue weighted by Gasteiger charge is -2.22. The van der Waals surface area contributed by atoms with Crippen molar-refractivity contribution in [3.63, 3.8) is 0 Å². The molecule has 2 aliphatic rings. The molecule has 3 nitrogen and oxygen atoms in total. The fourth-order valence-corrected chi connectivity index (χ4v) is 3.79. The van der Waals surface area contributed by atoms with E-state index in [0.29, 0.717) is 6.42 Å². The van der Waals surface area contributed by atoms with E-state index in [-0.39, 0.29) is 29.6 Å². The van der Waals surface area contributed by atoms with Crippen LogP contribution in [0.5, 0.6) is 0 Å². The maximum absolute atomic E-state index is 12.9. The number of hydrogen-bond acceptors (Lipinski definition) is 2. The van der Waals surface area contributed by atoms with E-state index in [4.69, 9.17) is 0 Å². The van der Waals surface area contributed by atoms with Crippen LogP contribution in [0, 0.1) is 17.8 Å². The maximum atomic E-state index is 12.9. The highest BCUT2D eigenvalue weighted by molar-refractivity contribution is 6.25. The molecule has 0 aromatic heterocycles. The summed E-state index contributed by atoms with van der Waals surface area (Å²) in [5.41, 5.74) is 0.717. The second kappa shape index (κ2) is 4.80. The zero-order valence-electron chi connectivity index (χ0n) is 12.4. The lowest BCUT2D eigenvalue weighted by atomic mass is 9.78. The minimum absolute atomic E-state index is 0.0526. The molecule has 4 rings (SSSR count). The number of hydrogen-bond donors (Lipinski definition) is 0. The van der Waals surface area contributed by atoms with Gasteiger partial charge in [0, 0.05) is 5.39 Å². The van der Waals surface area contributed by atoms with Gasteiger partial charge in [0.25, 0.3) is 0 Å².